The number of hydrogen-bond acceptors (Lipinski definition) is 4. The highest BCUT2D eigenvalue weighted by Gasteiger charge is 2.52. The van der Waals surface area contributed by atoms with Gasteiger partial charge >= 0.3 is 6.09 Å². The molecule has 1 amide bonds. The van der Waals surface area contributed by atoms with E-state index in [1.807, 2.05) is 45.0 Å². The maximum Gasteiger partial charge on any atom is 0.412 e. The van der Waals surface area contributed by atoms with Gasteiger partial charge in [0.1, 0.15) is 17.4 Å². The van der Waals surface area contributed by atoms with Gasteiger partial charge in [0.05, 0.1) is 0 Å². The predicted octanol–water partition coefficient (Wildman–Crippen LogP) is 2.66. The molecule has 21 heavy (non-hydrogen) atoms. The van der Waals surface area contributed by atoms with E-state index in [2.05, 4.69) is 5.32 Å². The van der Waals surface area contributed by atoms with Crippen LogP contribution in [0.5, 0.6) is 0 Å². The average molecular weight is 290 g/mol. The first-order valence-corrected chi connectivity index (χ1v) is 7.39. The Morgan fingerprint density at radius 2 is 2.14 bits per heavy atom. The maximum absolute atomic E-state index is 12.4. The Morgan fingerprint density at radius 3 is 2.86 bits per heavy atom. The van der Waals surface area contributed by atoms with Gasteiger partial charge in [0.15, 0.2) is 0 Å². The molecule has 2 N–H and O–H groups in total. The second-order valence-corrected chi connectivity index (χ2v) is 6.79. The molecule has 2 heterocycles. The van der Waals surface area contributed by atoms with Crippen molar-refractivity contribution in [3.05, 3.63) is 29.8 Å². The monoisotopic (exact) mass is 290 g/mol. The summed E-state index contributed by atoms with van der Waals surface area (Å²) in [4.78, 5) is 14.0. The van der Waals surface area contributed by atoms with Crippen LogP contribution in [0, 0.1) is 0 Å². The third-order valence-corrected chi connectivity index (χ3v) is 4.03. The molecule has 0 radical (unpaired) electrons. The van der Waals surface area contributed by atoms with Gasteiger partial charge in [-0.1, -0.05) is 18.2 Å². The van der Waals surface area contributed by atoms with E-state index >= 15 is 0 Å². The maximum atomic E-state index is 12.4. The van der Waals surface area contributed by atoms with Crippen LogP contribution in [0.15, 0.2) is 24.3 Å². The van der Waals surface area contributed by atoms with Crippen LogP contribution in [0.3, 0.4) is 0 Å². The van der Waals surface area contributed by atoms with Crippen molar-refractivity contribution >= 4 is 11.8 Å². The highest BCUT2D eigenvalue weighted by atomic mass is 16.6. The molecule has 2 aliphatic rings. The van der Waals surface area contributed by atoms with Gasteiger partial charge in [0.25, 0.3) is 0 Å². The van der Waals surface area contributed by atoms with Crippen LogP contribution in [-0.4, -0.2) is 34.4 Å². The number of anilines is 1. The van der Waals surface area contributed by atoms with E-state index in [0.29, 0.717) is 13.0 Å². The number of carbonyl (C=O) groups is 1. The summed E-state index contributed by atoms with van der Waals surface area (Å²) in [6.07, 6.45) is 0.549. The Kier molecular flexibility index (Phi) is 3.13. The van der Waals surface area contributed by atoms with Gasteiger partial charge in [-0.15, -0.1) is 0 Å². The van der Waals surface area contributed by atoms with Gasteiger partial charge in [-0.3, -0.25) is 4.90 Å². The molecule has 2 aliphatic heterocycles. The lowest BCUT2D eigenvalue weighted by molar-refractivity contribution is -0.0723. The van der Waals surface area contributed by atoms with Crippen molar-refractivity contribution in [2.75, 3.05) is 11.9 Å². The van der Waals surface area contributed by atoms with Crippen molar-refractivity contribution in [2.45, 2.75) is 51.0 Å². The van der Waals surface area contributed by atoms with Crippen LogP contribution in [0.1, 0.15) is 39.2 Å². The number of piperidine rings is 1. The molecule has 0 spiro atoms. The van der Waals surface area contributed by atoms with E-state index in [4.69, 9.17) is 4.74 Å². The Hall–Kier alpha value is -1.75. The second kappa shape index (κ2) is 4.63. The number of nitrogens with one attached hydrogen (secondary N) is 1. The summed E-state index contributed by atoms with van der Waals surface area (Å²) < 4.78 is 5.47. The first-order chi connectivity index (χ1) is 9.81. The molecule has 5 nitrogen and oxygen atoms in total. The number of rotatable bonds is 0. The van der Waals surface area contributed by atoms with Gasteiger partial charge in [0, 0.05) is 17.8 Å². The fourth-order valence-electron chi connectivity index (χ4n) is 3.17. The van der Waals surface area contributed by atoms with Crippen molar-refractivity contribution in [3.63, 3.8) is 0 Å². The lowest BCUT2D eigenvalue weighted by atomic mass is 9.85. The molecule has 1 aromatic rings. The van der Waals surface area contributed by atoms with Gasteiger partial charge in [-0.2, -0.15) is 0 Å². The van der Waals surface area contributed by atoms with Crippen molar-refractivity contribution in [2.24, 2.45) is 0 Å². The summed E-state index contributed by atoms with van der Waals surface area (Å²) in [6, 6.07) is 7.68. The largest absolute Gasteiger partial charge is 0.444 e. The van der Waals surface area contributed by atoms with Crippen LogP contribution in [-0.2, 0) is 10.3 Å². The van der Waals surface area contributed by atoms with Crippen molar-refractivity contribution in [1.82, 2.24) is 4.90 Å². The first-order valence-electron chi connectivity index (χ1n) is 7.39. The highest BCUT2D eigenvalue weighted by Crippen LogP contribution is 2.46. The normalized spacial score (nSPS) is 27.6. The van der Waals surface area contributed by atoms with Crippen LogP contribution in [0.25, 0.3) is 0 Å². The third-order valence-electron chi connectivity index (χ3n) is 4.03. The Bertz CT molecular complexity index is 567. The van der Waals surface area contributed by atoms with Crippen LogP contribution >= 0.6 is 0 Å². The summed E-state index contributed by atoms with van der Waals surface area (Å²) in [5.74, 6) is 0. The summed E-state index contributed by atoms with van der Waals surface area (Å²) in [6.45, 7) is 6.12. The first kappa shape index (κ1) is 14.2. The number of nitrogens with zero attached hydrogens (tertiary/aromatic N) is 1. The van der Waals surface area contributed by atoms with E-state index in [9.17, 15) is 9.90 Å². The van der Waals surface area contributed by atoms with E-state index in [1.54, 1.807) is 4.90 Å². The number of para-hydroxylation sites is 1. The lowest BCUT2D eigenvalue weighted by Gasteiger charge is -2.43. The van der Waals surface area contributed by atoms with E-state index < -0.39 is 17.4 Å². The molecular formula is C16H22N2O3. The lowest BCUT2D eigenvalue weighted by Crippen LogP contribution is -2.58. The summed E-state index contributed by atoms with van der Waals surface area (Å²) in [5, 5.41) is 14.3. The van der Waals surface area contributed by atoms with Crippen LogP contribution in [0.2, 0.25) is 0 Å². The molecule has 0 saturated carbocycles. The molecule has 1 saturated heterocycles. The standard InChI is InChI=1S/C16H22N2O3/c1-15(2,3)21-14(19)18-10-6-9-16(20)11-7-4-5-8-12(11)17-13(16)18/h4-5,7-8,13,17,20H,6,9-10H2,1-3H3. The molecule has 0 aromatic heterocycles. The number of benzene rings is 1. The minimum Gasteiger partial charge on any atom is -0.444 e. The number of fused-ring (bicyclic) bond motifs is 3. The zero-order chi connectivity index (χ0) is 15.3. The van der Waals surface area contributed by atoms with Gasteiger partial charge in [0.2, 0.25) is 0 Å². The molecular weight excluding hydrogens is 268 g/mol. The van der Waals surface area contributed by atoms with Gasteiger partial charge < -0.3 is 15.2 Å². The minimum absolute atomic E-state index is 0.383. The predicted molar refractivity (Wildman–Crippen MR) is 79.9 cm³/mol. The number of amides is 1. The Morgan fingerprint density at radius 1 is 1.43 bits per heavy atom. The smallest absolute Gasteiger partial charge is 0.412 e. The third kappa shape index (κ3) is 2.35. The summed E-state index contributed by atoms with van der Waals surface area (Å²) >= 11 is 0. The van der Waals surface area contributed by atoms with Crippen molar-refractivity contribution < 1.29 is 14.6 Å². The Balaban J connectivity index is 1.89. The summed E-state index contributed by atoms with van der Waals surface area (Å²) in [7, 11) is 0. The Labute approximate surface area is 124 Å². The van der Waals surface area contributed by atoms with Crippen molar-refractivity contribution in [1.29, 1.82) is 0 Å². The molecule has 0 bridgehead atoms. The molecule has 2 unspecified atom stereocenters. The molecule has 5 heteroatoms. The topological polar surface area (TPSA) is 61.8 Å². The van der Waals surface area contributed by atoms with Gasteiger partial charge in [-0.05, 0) is 39.7 Å². The zero-order valence-electron chi connectivity index (χ0n) is 12.7. The molecule has 2 atom stereocenters. The fraction of sp³-hybridized carbons (Fsp3) is 0.562. The second-order valence-electron chi connectivity index (χ2n) is 6.79. The molecule has 3 rings (SSSR count). The highest BCUT2D eigenvalue weighted by molar-refractivity contribution is 5.72. The van der Waals surface area contributed by atoms with E-state index in [-0.39, 0.29) is 6.09 Å². The summed E-state index contributed by atoms with van der Waals surface area (Å²) in [5.41, 5.74) is 0.174. The average Bonchev–Trinajstić information content (AvgIpc) is 2.69. The number of aliphatic hydroxyl groups is 1. The molecule has 0 aliphatic carbocycles. The fourth-order valence-corrected chi connectivity index (χ4v) is 3.17. The van der Waals surface area contributed by atoms with E-state index in [1.165, 1.54) is 0 Å². The molecule has 114 valence electrons. The molecule has 1 fully saturated rings. The number of likely N-dealkylation sites (tertiary alicyclic amines) is 1. The number of ether oxygens (including phenoxy) is 1. The van der Waals surface area contributed by atoms with Crippen LogP contribution in [0.4, 0.5) is 10.5 Å². The quantitative estimate of drug-likeness (QED) is 0.771. The molecule has 1 aromatic carbocycles. The van der Waals surface area contributed by atoms with Crippen LogP contribution < -0.4 is 5.32 Å². The number of hydrogen-bond donors (Lipinski definition) is 2. The SMILES string of the molecule is CC(C)(C)OC(=O)N1CCCC2(O)c3ccccc3NC12. The minimum atomic E-state index is -1.04. The van der Waals surface area contributed by atoms with Gasteiger partial charge in [-0.25, -0.2) is 4.79 Å². The number of carbonyl (C=O) groups excluding carboxylic acids is 1. The zero-order valence-corrected chi connectivity index (χ0v) is 12.7. The van der Waals surface area contributed by atoms with Crippen molar-refractivity contribution in [3.8, 4) is 0 Å². The van der Waals surface area contributed by atoms with E-state index in [0.717, 1.165) is 17.7 Å².